The summed E-state index contributed by atoms with van der Waals surface area (Å²) in [5.74, 6) is -1.47. The number of carboxylic acid groups (broad SMARTS) is 1. The quantitative estimate of drug-likeness (QED) is 0.0254. The van der Waals surface area contributed by atoms with Crippen LogP contribution in [0.3, 0.4) is 0 Å². The van der Waals surface area contributed by atoms with Gasteiger partial charge in [0.05, 0.1) is 36.5 Å². The highest BCUT2D eigenvalue weighted by Crippen LogP contribution is 2.51. The second-order valence-electron chi connectivity index (χ2n) is 21.7. The molecule has 0 bridgehead atoms. The number of hydrogen-bond acceptors (Lipinski definition) is 14. The van der Waals surface area contributed by atoms with E-state index in [2.05, 4.69) is 67.3 Å². The van der Waals surface area contributed by atoms with Gasteiger partial charge in [0.2, 0.25) is 5.95 Å². The van der Waals surface area contributed by atoms with Crippen LogP contribution in [-0.2, 0) is 26.3 Å². The SMILES string of the molecule is COc1cc(N(C)CCN(C)CCCON(C)C(=O)N2N=C(c3cc(F)ccc3F)S[C@@]2(CCCNC(=O)OC(C)(C)C)c2ccccc2)c(NC(C[Si](C)(C)C)C(=O)O)cc1Nc1nccc(-c2cn(C)c3ccccc23)n1. The Balaban J connectivity index is 1.03. The molecule has 7 rings (SSSR count). The molecular formula is C57H73F2N11O7SSi. The minimum Gasteiger partial charge on any atom is -0.494 e. The number of carboxylic acids is 1. The van der Waals surface area contributed by atoms with Gasteiger partial charge in [0.25, 0.3) is 0 Å². The van der Waals surface area contributed by atoms with Gasteiger partial charge in [-0.25, -0.2) is 33.4 Å². The van der Waals surface area contributed by atoms with Crippen LogP contribution in [0.4, 0.5) is 41.4 Å². The van der Waals surface area contributed by atoms with E-state index < -0.39 is 54.3 Å². The van der Waals surface area contributed by atoms with Gasteiger partial charge in [-0.1, -0.05) is 79.9 Å². The van der Waals surface area contributed by atoms with Gasteiger partial charge in [0.1, 0.15) is 38.9 Å². The summed E-state index contributed by atoms with van der Waals surface area (Å²) < 4.78 is 43.4. The van der Waals surface area contributed by atoms with Crippen LogP contribution in [0.25, 0.3) is 22.2 Å². The van der Waals surface area contributed by atoms with Crippen molar-refractivity contribution in [2.75, 3.05) is 76.6 Å². The number of hydroxylamine groups is 2. The zero-order valence-electron chi connectivity index (χ0n) is 46.9. The number of hydrogen-bond donors (Lipinski definition) is 4. The molecule has 1 unspecified atom stereocenters. The van der Waals surface area contributed by atoms with Gasteiger partial charge in [-0.2, -0.15) is 10.1 Å². The number of carbonyl (C=O) groups excluding carboxylic acids is 2. The molecule has 2 atom stereocenters. The summed E-state index contributed by atoms with van der Waals surface area (Å²) in [5.41, 5.74) is 4.51. The highest BCUT2D eigenvalue weighted by Gasteiger charge is 2.50. The fraction of sp³-hybridized carbons (Fsp3) is 0.404. The zero-order valence-corrected chi connectivity index (χ0v) is 48.7. The third kappa shape index (κ3) is 15.3. The molecule has 6 aromatic rings. The molecule has 422 valence electrons. The lowest BCUT2D eigenvalue weighted by molar-refractivity contribution is -0.137. The van der Waals surface area contributed by atoms with Crippen molar-refractivity contribution in [1.82, 2.24) is 34.8 Å². The number of alkyl carbamates (subject to hydrolysis) is 1. The van der Waals surface area contributed by atoms with E-state index in [0.717, 1.165) is 62.9 Å². The molecule has 18 nitrogen and oxygen atoms in total. The number of hydrazone groups is 1. The van der Waals surface area contributed by atoms with Gasteiger partial charge >= 0.3 is 18.1 Å². The highest BCUT2D eigenvalue weighted by atomic mass is 32.2. The number of urea groups is 1. The molecule has 4 aromatic carbocycles. The molecule has 22 heteroatoms. The van der Waals surface area contributed by atoms with Crippen LogP contribution in [0.5, 0.6) is 5.75 Å². The molecule has 0 aliphatic carbocycles. The highest BCUT2D eigenvalue weighted by molar-refractivity contribution is 8.15. The maximum Gasteiger partial charge on any atom is 0.407 e. The summed E-state index contributed by atoms with van der Waals surface area (Å²) in [6.45, 7) is 13.8. The lowest BCUT2D eigenvalue weighted by atomic mass is 10.0. The molecular weight excluding hydrogens is 1050 g/mol. The van der Waals surface area contributed by atoms with Crippen molar-refractivity contribution in [2.24, 2.45) is 12.1 Å². The number of aliphatic carboxylic acids is 1. The number of halogens is 2. The standard InChI is InChI=1S/C57H73F2N11O7SSi/c1-56(2,3)77-54(73)61-27-17-26-57(38-19-13-12-14-20-38)70(65-51(78-57)41-33-39(58)23-24-43(41)59)55(74)69(7)76-32-18-29-66(4)30-31-67(5)49-35-50(75-8)46(34-45(49)62-47(52(71)72)37-79(9,10)11)64-53-60-28-25-44(63-53)42-36-68(6)48-22-16-15-21-40(42)48/h12-16,19-25,28,33-36,47,62H,17-18,26-27,29-32,37H2,1-11H3,(H,61,73)(H,71,72)(H,60,63,64)/t47?,57-/m0/s1. The number of thioether (sulfide) groups is 1. The van der Waals surface area contributed by atoms with Crippen molar-refractivity contribution in [3.63, 3.8) is 0 Å². The Labute approximate surface area is 466 Å². The molecule has 3 amide bonds. The Morgan fingerprint density at radius 2 is 1.63 bits per heavy atom. The number of aromatic nitrogens is 3. The number of anilines is 4. The fourth-order valence-electron chi connectivity index (χ4n) is 9.16. The van der Waals surface area contributed by atoms with Gasteiger partial charge in [0, 0.05) is 95.9 Å². The van der Waals surface area contributed by atoms with Crippen LogP contribution < -0.4 is 25.6 Å². The number of aryl methyl sites for hydroxylation is 1. The van der Waals surface area contributed by atoms with E-state index in [0.29, 0.717) is 67.2 Å². The summed E-state index contributed by atoms with van der Waals surface area (Å²) in [7, 11) is 7.12. The van der Waals surface area contributed by atoms with Crippen molar-refractivity contribution in [3.05, 3.63) is 126 Å². The average Bonchev–Trinajstić information content (AvgIpc) is 4.13. The lowest BCUT2D eigenvalue weighted by Crippen LogP contribution is -2.47. The average molecular weight is 1120 g/mol. The van der Waals surface area contributed by atoms with Crippen molar-refractivity contribution < 1.29 is 42.6 Å². The van der Waals surface area contributed by atoms with E-state index >= 15 is 4.39 Å². The maximum atomic E-state index is 15.4. The number of fused-ring (bicyclic) bond motifs is 1. The smallest absolute Gasteiger partial charge is 0.407 e. The van der Waals surface area contributed by atoms with Crippen molar-refractivity contribution in [3.8, 4) is 17.0 Å². The minimum atomic E-state index is -1.86. The van der Waals surface area contributed by atoms with Crippen LogP contribution in [0.2, 0.25) is 25.7 Å². The van der Waals surface area contributed by atoms with Crippen LogP contribution in [0.15, 0.2) is 108 Å². The van der Waals surface area contributed by atoms with E-state index in [-0.39, 0.29) is 30.2 Å². The molecule has 4 N–H and O–H groups in total. The fourth-order valence-corrected chi connectivity index (χ4v) is 12.1. The Morgan fingerprint density at radius 3 is 2.34 bits per heavy atom. The monoisotopic (exact) mass is 1120 g/mol. The Kier molecular flexibility index (Phi) is 19.3. The van der Waals surface area contributed by atoms with Gasteiger partial charge in [-0.15, -0.1) is 0 Å². The van der Waals surface area contributed by atoms with Crippen LogP contribution in [-0.4, -0.2) is 139 Å². The normalized spacial score (nSPS) is 15.0. The van der Waals surface area contributed by atoms with Crippen LogP contribution in [0.1, 0.15) is 51.2 Å². The molecule has 79 heavy (non-hydrogen) atoms. The summed E-state index contributed by atoms with van der Waals surface area (Å²) in [6.07, 6.45) is 4.29. The van der Waals surface area contributed by atoms with Gasteiger partial charge in [0.15, 0.2) is 0 Å². The van der Waals surface area contributed by atoms with Crippen molar-refractivity contribution >= 4 is 76.9 Å². The largest absolute Gasteiger partial charge is 0.494 e. The molecule has 3 heterocycles. The summed E-state index contributed by atoms with van der Waals surface area (Å²) in [5, 5.41) is 28.1. The predicted molar refractivity (Wildman–Crippen MR) is 312 cm³/mol. The first-order valence-electron chi connectivity index (χ1n) is 26.2. The minimum absolute atomic E-state index is 0.0955. The van der Waals surface area contributed by atoms with Gasteiger partial charge < -0.3 is 44.9 Å². The topological polar surface area (TPSA) is 191 Å². The molecule has 2 aromatic heterocycles. The number of likely N-dealkylation sites (N-methyl/N-ethyl adjacent to an activating group) is 2. The number of amides is 3. The second-order valence-corrected chi connectivity index (χ2v) is 28.5. The zero-order chi connectivity index (χ0) is 57.2. The first-order valence-corrected chi connectivity index (χ1v) is 30.7. The van der Waals surface area contributed by atoms with Gasteiger partial charge in [-0.3, -0.25) is 9.63 Å². The number of nitrogens with zero attached hydrogens (tertiary/aromatic N) is 8. The van der Waals surface area contributed by atoms with E-state index in [1.54, 1.807) is 34.1 Å². The van der Waals surface area contributed by atoms with E-state index in [4.69, 9.17) is 19.3 Å². The number of nitrogens with one attached hydrogen (secondary N) is 3. The summed E-state index contributed by atoms with van der Waals surface area (Å²) >= 11 is 1.13. The molecule has 0 spiro atoms. The molecule has 0 saturated carbocycles. The second kappa shape index (κ2) is 25.7. The number of carbonyl (C=O) groups is 3. The van der Waals surface area contributed by atoms with Crippen LogP contribution in [0, 0.1) is 11.6 Å². The maximum absolute atomic E-state index is 15.4. The number of rotatable bonds is 24. The van der Waals surface area contributed by atoms with E-state index in [1.165, 1.54) is 12.1 Å². The van der Waals surface area contributed by atoms with Gasteiger partial charge in [-0.05, 0) is 95.1 Å². The van der Waals surface area contributed by atoms with Crippen LogP contribution >= 0.6 is 11.8 Å². The van der Waals surface area contributed by atoms with Crippen molar-refractivity contribution in [1.29, 1.82) is 0 Å². The van der Waals surface area contributed by atoms with E-state index in [1.807, 2.05) is 92.9 Å². The summed E-state index contributed by atoms with van der Waals surface area (Å²) in [4.78, 5) is 58.3. The van der Waals surface area contributed by atoms with Crippen molar-refractivity contribution in [2.45, 2.75) is 82.2 Å². The number of methoxy groups -OCH3 is 1. The number of para-hydroxylation sites is 1. The first-order chi connectivity index (χ1) is 37.4. The Bertz CT molecular complexity index is 3140. The summed E-state index contributed by atoms with van der Waals surface area (Å²) in [6, 6.07) is 25.0. The third-order valence-electron chi connectivity index (χ3n) is 13.0. The molecule has 1 aliphatic heterocycles. The molecule has 0 radical (unpaired) electrons. The Hall–Kier alpha value is -7.27. The predicted octanol–water partition coefficient (Wildman–Crippen LogP) is 11.2. The Morgan fingerprint density at radius 1 is 0.899 bits per heavy atom. The molecule has 1 aliphatic rings. The molecule has 0 saturated heterocycles. The number of ether oxygens (including phenoxy) is 2. The van der Waals surface area contributed by atoms with E-state index in [9.17, 15) is 23.9 Å². The first kappa shape index (κ1) is 59.4. The molecule has 0 fully saturated rings. The third-order valence-corrected chi connectivity index (χ3v) is 16.1. The number of benzene rings is 4. The lowest BCUT2D eigenvalue weighted by Gasteiger charge is -2.37.